The first-order valence-corrected chi connectivity index (χ1v) is 3.47. The van der Waals surface area contributed by atoms with Gasteiger partial charge in [-0.25, -0.2) is 0 Å². The Bertz CT molecular complexity index is 336. The molecule has 1 aromatic rings. The summed E-state index contributed by atoms with van der Waals surface area (Å²) in [6, 6.07) is 3.40. The summed E-state index contributed by atoms with van der Waals surface area (Å²) < 4.78 is 10.2. The standard InChI is InChI=1S/C8H8N2O2/c1-10-6-3-8-7(2-5(6)9)11-4-12-8/h2-3H,1,4,9H2. The average molecular weight is 164 g/mol. The summed E-state index contributed by atoms with van der Waals surface area (Å²) >= 11 is 0. The molecule has 12 heavy (non-hydrogen) atoms. The molecule has 0 unspecified atom stereocenters. The number of benzene rings is 1. The number of nitrogen functional groups attached to an aromatic ring is 1. The Morgan fingerprint density at radius 1 is 1.33 bits per heavy atom. The maximum absolute atomic E-state index is 5.63. The van der Waals surface area contributed by atoms with Gasteiger partial charge in [0.2, 0.25) is 6.79 Å². The number of nitrogens with two attached hydrogens (primary N) is 1. The number of ether oxygens (including phenoxy) is 2. The van der Waals surface area contributed by atoms with Crippen molar-refractivity contribution in [2.75, 3.05) is 12.5 Å². The van der Waals surface area contributed by atoms with Crippen LogP contribution in [0.1, 0.15) is 0 Å². The van der Waals surface area contributed by atoms with Crippen LogP contribution in [0.5, 0.6) is 11.5 Å². The number of hydrogen-bond acceptors (Lipinski definition) is 4. The zero-order valence-electron chi connectivity index (χ0n) is 6.41. The molecule has 2 N–H and O–H groups in total. The van der Waals surface area contributed by atoms with Crippen LogP contribution < -0.4 is 15.2 Å². The summed E-state index contributed by atoms with van der Waals surface area (Å²) in [5, 5.41) is 0. The number of hydrogen-bond donors (Lipinski definition) is 1. The van der Waals surface area contributed by atoms with Gasteiger partial charge in [-0.1, -0.05) is 0 Å². The van der Waals surface area contributed by atoms with Crippen molar-refractivity contribution in [1.29, 1.82) is 0 Å². The highest BCUT2D eigenvalue weighted by Crippen LogP contribution is 2.39. The van der Waals surface area contributed by atoms with Gasteiger partial charge in [-0.3, -0.25) is 4.99 Å². The van der Waals surface area contributed by atoms with Gasteiger partial charge in [-0.15, -0.1) is 0 Å². The molecule has 0 radical (unpaired) electrons. The van der Waals surface area contributed by atoms with Crippen molar-refractivity contribution in [1.82, 2.24) is 0 Å². The third-order valence-electron chi connectivity index (χ3n) is 1.69. The minimum atomic E-state index is 0.245. The molecule has 0 atom stereocenters. The van der Waals surface area contributed by atoms with Crippen LogP contribution in [0.4, 0.5) is 11.4 Å². The van der Waals surface area contributed by atoms with Gasteiger partial charge < -0.3 is 15.2 Å². The van der Waals surface area contributed by atoms with E-state index in [1.165, 1.54) is 0 Å². The third-order valence-corrected chi connectivity index (χ3v) is 1.69. The highest BCUT2D eigenvalue weighted by molar-refractivity contribution is 5.71. The van der Waals surface area contributed by atoms with Crippen molar-refractivity contribution in [2.24, 2.45) is 4.99 Å². The fraction of sp³-hybridized carbons (Fsp3) is 0.125. The van der Waals surface area contributed by atoms with Crippen LogP contribution >= 0.6 is 0 Å². The Morgan fingerprint density at radius 2 is 2.00 bits per heavy atom. The topological polar surface area (TPSA) is 56.8 Å². The van der Waals surface area contributed by atoms with Crippen molar-refractivity contribution in [3.05, 3.63) is 12.1 Å². The van der Waals surface area contributed by atoms with E-state index in [1.54, 1.807) is 12.1 Å². The summed E-state index contributed by atoms with van der Waals surface area (Å²) in [7, 11) is 0. The lowest BCUT2D eigenvalue weighted by atomic mass is 10.2. The Labute approximate surface area is 69.6 Å². The van der Waals surface area contributed by atoms with Gasteiger partial charge >= 0.3 is 0 Å². The van der Waals surface area contributed by atoms with Gasteiger partial charge in [0.05, 0.1) is 11.4 Å². The number of anilines is 1. The first-order valence-electron chi connectivity index (χ1n) is 3.47. The first kappa shape index (κ1) is 6.97. The normalized spacial score (nSPS) is 13.0. The van der Waals surface area contributed by atoms with Crippen molar-refractivity contribution in [3.8, 4) is 11.5 Å². The predicted molar refractivity (Wildman–Crippen MR) is 46.2 cm³/mol. The van der Waals surface area contributed by atoms with Gasteiger partial charge in [0, 0.05) is 12.1 Å². The molecular formula is C8H8N2O2. The molecule has 1 aromatic carbocycles. The monoisotopic (exact) mass is 164 g/mol. The Hall–Kier alpha value is -1.71. The molecule has 0 aromatic heterocycles. The summed E-state index contributed by atoms with van der Waals surface area (Å²) in [5.74, 6) is 1.34. The van der Waals surface area contributed by atoms with Gasteiger partial charge in [-0.05, 0) is 6.72 Å². The maximum atomic E-state index is 5.63. The molecule has 0 spiro atoms. The number of rotatable bonds is 1. The highest BCUT2D eigenvalue weighted by atomic mass is 16.7. The summed E-state index contributed by atoms with van der Waals surface area (Å²) in [6.45, 7) is 3.64. The second-order valence-electron chi connectivity index (χ2n) is 2.42. The van der Waals surface area contributed by atoms with E-state index >= 15 is 0 Å². The van der Waals surface area contributed by atoms with Gasteiger partial charge in [0.25, 0.3) is 0 Å². The van der Waals surface area contributed by atoms with Crippen molar-refractivity contribution >= 4 is 18.1 Å². The fourth-order valence-corrected chi connectivity index (χ4v) is 1.08. The molecule has 1 aliphatic rings. The Kier molecular flexibility index (Phi) is 1.40. The van der Waals surface area contributed by atoms with E-state index in [1.807, 2.05) is 0 Å². The van der Waals surface area contributed by atoms with Gasteiger partial charge in [-0.2, -0.15) is 0 Å². The molecule has 1 heterocycles. The van der Waals surface area contributed by atoms with Crippen molar-refractivity contribution < 1.29 is 9.47 Å². The molecule has 4 nitrogen and oxygen atoms in total. The van der Waals surface area contributed by atoms with Gasteiger partial charge in [0.1, 0.15) is 0 Å². The highest BCUT2D eigenvalue weighted by Gasteiger charge is 2.15. The van der Waals surface area contributed by atoms with E-state index < -0.39 is 0 Å². The largest absolute Gasteiger partial charge is 0.454 e. The summed E-state index contributed by atoms with van der Waals surface area (Å²) in [6.07, 6.45) is 0. The maximum Gasteiger partial charge on any atom is 0.231 e. The van der Waals surface area contributed by atoms with E-state index in [0.717, 1.165) is 0 Å². The SMILES string of the molecule is C=Nc1cc2c(cc1N)OCO2. The molecule has 0 bridgehead atoms. The molecular weight excluding hydrogens is 156 g/mol. The molecule has 4 heteroatoms. The van der Waals surface area contributed by atoms with Crippen LogP contribution in [0.3, 0.4) is 0 Å². The molecule has 0 saturated carbocycles. The van der Waals surface area contributed by atoms with Crippen molar-refractivity contribution in [2.45, 2.75) is 0 Å². The van der Waals surface area contributed by atoms with Crippen LogP contribution in [0, 0.1) is 0 Å². The lowest BCUT2D eigenvalue weighted by molar-refractivity contribution is 0.174. The zero-order chi connectivity index (χ0) is 8.55. The zero-order valence-corrected chi connectivity index (χ0v) is 6.41. The Morgan fingerprint density at radius 3 is 2.67 bits per heavy atom. The van der Waals surface area contributed by atoms with Crippen LogP contribution in [0.25, 0.3) is 0 Å². The number of fused-ring (bicyclic) bond motifs is 1. The van der Waals surface area contributed by atoms with E-state index in [0.29, 0.717) is 22.9 Å². The molecule has 0 saturated heterocycles. The number of nitrogens with zero attached hydrogens (tertiary/aromatic N) is 1. The quantitative estimate of drug-likeness (QED) is 0.503. The molecule has 1 aliphatic heterocycles. The summed E-state index contributed by atoms with van der Waals surface area (Å²) in [5.41, 5.74) is 6.81. The molecule has 0 aliphatic carbocycles. The minimum absolute atomic E-state index is 0.245. The third kappa shape index (κ3) is 0.887. The van der Waals surface area contributed by atoms with Gasteiger partial charge in [0.15, 0.2) is 11.5 Å². The van der Waals surface area contributed by atoms with E-state index in [4.69, 9.17) is 15.2 Å². The molecule has 2 rings (SSSR count). The van der Waals surface area contributed by atoms with Crippen LogP contribution in [-0.4, -0.2) is 13.5 Å². The summed E-state index contributed by atoms with van der Waals surface area (Å²) in [4.78, 5) is 3.74. The lowest BCUT2D eigenvalue weighted by Gasteiger charge is -2.00. The smallest absolute Gasteiger partial charge is 0.231 e. The second-order valence-corrected chi connectivity index (χ2v) is 2.42. The van der Waals surface area contributed by atoms with E-state index in [-0.39, 0.29) is 6.79 Å². The van der Waals surface area contributed by atoms with E-state index in [9.17, 15) is 0 Å². The van der Waals surface area contributed by atoms with Crippen LogP contribution in [-0.2, 0) is 0 Å². The lowest BCUT2D eigenvalue weighted by Crippen LogP contribution is -1.92. The Balaban J connectivity index is 2.56. The van der Waals surface area contributed by atoms with E-state index in [2.05, 4.69) is 11.7 Å². The van der Waals surface area contributed by atoms with Crippen molar-refractivity contribution in [3.63, 3.8) is 0 Å². The second kappa shape index (κ2) is 2.41. The molecule has 62 valence electrons. The number of aliphatic imine (C=N–C) groups is 1. The predicted octanol–water partition coefficient (Wildman–Crippen LogP) is 1.33. The van der Waals surface area contributed by atoms with Crippen LogP contribution in [0.2, 0.25) is 0 Å². The fourth-order valence-electron chi connectivity index (χ4n) is 1.08. The molecule has 0 fully saturated rings. The molecule has 0 amide bonds. The minimum Gasteiger partial charge on any atom is -0.454 e. The van der Waals surface area contributed by atoms with Crippen LogP contribution in [0.15, 0.2) is 17.1 Å². The average Bonchev–Trinajstić information content (AvgIpc) is 2.49. The first-order chi connectivity index (χ1) is 5.81.